The molecule has 0 saturated carbocycles. The van der Waals surface area contributed by atoms with Gasteiger partial charge in [-0.15, -0.1) is 0 Å². The number of benzene rings is 1. The van der Waals surface area contributed by atoms with Gasteiger partial charge in [0, 0.05) is 6.54 Å². The first kappa shape index (κ1) is 17.2. The van der Waals surface area contributed by atoms with Crippen LogP contribution in [0.25, 0.3) is 0 Å². The molecule has 4 nitrogen and oxygen atoms in total. The van der Waals surface area contributed by atoms with Crippen molar-refractivity contribution in [2.45, 2.75) is 45.1 Å². The van der Waals surface area contributed by atoms with E-state index in [0.717, 1.165) is 18.7 Å². The number of carbonyl (C=O) groups is 1. The molecule has 2 rings (SSSR count). The van der Waals surface area contributed by atoms with Gasteiger partial charge < -0.3 is 10.1 Å². The highest BCUT2D eigenvalue weighted by Crippen LogP contribution is 2.25. The second-order valence-corrected chi connectivity index (χ2v) is 6.07. The Labute approximate surface area is 127 Å². The van der Waals surface area contributed by atoms with E-state index in [2.05, 4.69) is 22.2 Å². The lowest BCUT2D eigenvalue weighted by atomic mass is 9.89. The molecular formula is C17H24N2O2. The summed E-state index contributed by atoms with van der Waals surface area (Å²) >= 11 is 0. The van der Waals surface area contributed by atoms with Gasteiger partial charge in [-0.2, -0.15) is 5.26 Å². The van der Waals surface area contributed by atoms with E-state index in [-0.39, 0.29) is 5.60 Å². The molecule has 0 aromatic heterocycles. The van der Waals surface area contributed by atoms with Crippen molar-refractivity contribution in [1.29, 1.82) is 5.26 Å². The van der Waals surface area contributed by atoms with Gasteiger partial charge in [0.25, 0.3) is 6.47 Å². The van der Waals surface area contributed by atoms with E-state index in [4.69, 9.17) is 5.26 Å². The zero-order valence-corrected chi connectivity index (χ0v) is 13.1. The summed E-state index contributed by atoms with van der Waals surface area (Å²) in [5.41, 5.74) is 1.73. The van der Waals surface area contributed by atoms with Crippen LogP contribution in [0.2, 0.25) is 0 Å². The van der Waals surface area contributed by atoms with Crippen LogP contribution in [0.1, 0.15) is 50.7 Å². The van der Waals surface area contributed by atoms with E-state index in [1.54, 1.807) is 0 Å². The smallest absolute Gasteiger partial charge is 0.293 e. The number of nitrogens with one attached hydrogen (secondary N) is 1. The Kier molecular flexibility index (Phi) is 6.90. The Hall–Kier alpha value is -1.86. The molecule has 0 amide bonds. The number of hydrogen-bond acceptors (Lipinski definition) is 4. The summed E-state index contributed by atoms with van der Waals surface area (Å²) in [7, 11) is 0. The SMILES string of the molecule is CC(C)(C)OC=O.N#Cc1ccccc1C1CCCNC1. The third kappa shape index (κ3) is 6.42. The molecule has 0 radical (unpaired) electrons. The van der Waals surface area contributed by atoms with Gasteiger partial charge in [-0.1, -0.05) is 18.2 Å². The molecule has 0 spiro atoms. The van der Waals surface area contributed by atoms with Crippen molar-refractivity contribution in [3.05, 3.63) is 35.4 Å². The summed E-state index contributed by atoms with van der Waals surface area (Å²) < 4.78 is 4.55. The first-order valence-corrected chi connectivity index (χ1v) is 7.29. The van der Waals surface area contributed by atoms with E-state index in [1.807, 2.05) is 39.0 Å². The van der Waals surface area contributed by atoms with Crippen molar-refractivity contribution in [2.24, 2.45) is 0 Å². The summed E-state index contributed by atoms with van der Waals surface area (Å²) in [6, 6.07) is 10.2. The van der Waals surface area contributed by atoms with Crippen molar-refractivity contribution in [3.63, 3.8) is 0 Å². The molecule has 1 N–H and O–H groups in total. The monoisotopic (exact) mass is 288 g/mol. The molecule has 1 fully saturated rings. The van der Waals surface area contributed by atoms with Crippen molar-refractivity contribution < 1.29 is 9.53 Å². The Morgan fingerprint density at radius 3 is 2.57 bits per heavy atom. The predicted molar refractivity (Wildman–Crippen MR) is 82.9 cm³/mol. The highest BCUT2D eigenvalue weighted by Gasteiger charge is 2.17. The van der Waals surface area contributed by atoms with E-state index in [9.17, 15) is 4.79 Å². The van der Waals surface area contributed by atoms with Gasteiger partial charge in [0.2, 0.25) is 0 Å². The fourth-order valence-corrected chi connectivity index (χ4v) is 2.22. The number of ether oxygens (including phenoxy) is 1. The molecule has 114 valence electrons. The molecule has 1 saturated heterocycles. The third-order valence-corrected chi connectivity index (χ3v) is 3.22. The van der Waals surface area contributed by atoms with Gasteiger partial charge >= 0.3 is 0 Å². The lowest BCUT2D eigenvalue weighted by molar-refractivity contribution is -0.138. The normalized spacial score (nSPS) is 17.9. The molecule has 1 aliphatic rings. The van der Waals surface area contributed by atoms with Gasteiger partial charge in [-0.3, -0.25) is 4.79 Å². The van der Waals surface area contributed by atoms with Gasteiger partial charge in [0.1, 0.15) is 5.60 Å². The molecular weight excluding hydrogens is 264 g/mol. The van der Waals surface area contributed by atoms with Crippen LogP contribution in [0.5, 0.6) is 0 Å². The third-order valence-electron chi connectivity index (χ3n) is 3.22. The molecule has 0 aliphatic carbocycles. The van der Waals surface area contributed by atoms with Gasteiger partial charge in [-0.05, 0) is 57.7 Å². The van der Waals surface area contributed by atoms with E-state index >= 15 is 0 Å². The topological polar surface area (TPSA) is 62.1 Å². The molecule has 1 aromatic rings. The number of carbonyl (C=O) groups excluding carboxylic acids is 1. The first-order valence-electron chi connectivity index (χ1n) is 7.29. The molecule has 1 aromatic carbocycles. The number of nitriles is 1. The summed E-state index contributed by atoms with van der Waals surface area (Å²) in [6.07, 6.45) is 2.41. The standard InChI is InChI=1S/C12H14N2.C5H10O2/c13-8-10-4-1-2-6-12(10)11-5-3-7-14-9-11;1-5(2,3)7-4-6/h1-2,4,6,11,14H,3,5,7,9H2;4H,1-3H3. The Balaban J connectivity index is 0.000000270. The maximum absolute atomic E-state index is 9.60. The maximum atomic E-state index is 9.60. The van der Waals surface area contributed by atoms with Crippen LogP contribution in [0.4, 0.5) is 0 Å². The molecule has 1 heterocycles. The minimum atomic E-state index is -0.318. The number of hydrogen-bond donors (Lipinski definition) is 1. The molecule has 21 heavy (non-hydrogen) atoms. The largest absolute Gasteiger partial charge is 0.462 e. The van der Waals surface area contributed by atoms with E-state index < -0.39 is 0 Å². The summed E-state index contributed by atoms with van der Waals surface area (Å²) in [5.74, 6) is 0.527. The lowest BCUT2D eigenvalue weighted by Gasteiger charge is -2.23. The zero-order valence-electron chi connectivity index (χ0n) is 13.1. The molecule has 1 unspecified atom stereocenters. The van der Waals surface area contributed by atoms with Crippen molar-refractivity contribution in [2.75, 3.05) is 13.1 Å². The van der Waals surface area contributed by atoms with Crippen LogP contribution in [-0.2, 0) is 9.53 Å². The van der Waals surface area contributed by atoms with Crippen LogP contribution in [0.3, 0.4) is 0 Å². The molecule has 1 aliphatic heterocycles. The number of rotatable bonds is 2. The Morgan fingerprint density at radius 1 is 1.38 bits per heavy atom. The lowest BCUT2D eigenvalue weighted by Crippen LogP contribution is -2.28. The van der Waals surface area contributed by atoms with Crippen LogP contribution >= 0.6 is 0 Å². The Morgan fingerprint density at radius 2 is 2.10 bits per heavy atom. The molecule has 4 heteroatoms. The highest BCUT2D eigenvalue weighted by atomic mass is 16.5. The molecule has 0 bridgehead atoms. The first-order chi connectivity index (χ1) is 9.98. The van der Waals surface area contributed by atoms with Crippen molar-refractivity contribution in [1.82, 2.24) is 5.32 Å². The quantitative estimate of drug-likeness (QED) is 0.850. The van der Waals surface area contributed by atoms with Crippen LogP contribution in [-0.4, -0.2) is 25.2 Å². The summed E-state index contributed by atoms with van der Waals surface area (Å²) in [5, 5.41) is 12.4. The minimum absolute atomic E-state index is 0.318. The second-order valence-electron chi connectivity index (χ2n) is 6.07. The fraction of sp³-hybridized carbons (Fsp3) is 0.529. The fourth-order valence-electron chi connectivity index (χ4n) is 2.22. The number of piperidine rings is 1. The predicted octanol–water partition coefficient (Wildman–Crippen LogP) is 2.98. The van der Waals surface area contributed by atoms with Gasteiger partial charge in [-0.25, -0.2) is 0 Å². The molecule has 1 atom stereocenters. The van der Waals surface area contributed by atoms with E-state index in [1.165, 1.54) is 18.4 Å². The van der Waals surface area contributed by atoms with Crippen molar-refractivity contribution >= 4 is 6.47 Å². The second kappa shape index (κ2) is 8.43. The summed E-state index contributed by atoms with van der Waals surface area (Å²) in [6.45, 7) is 8.05. The summed E-state index contributed by atoms with van der Waals surface area (Å²) in [4.78, 5) is 9.60. The van der Waals surface area contributed by atoms with Gasteiger partial charge in [0.15, 0.2) is 0 Å². The van der Waals surface area contributed by atoms with Gasteiger partial charge in [0.05, 0.1) is 11.6 Å². The highest BCUT2D eigenvalue weighted by molar-refractivity contribution is 5.40. The zero-order chi connectivity index (χ0) is 15.7. The maximum Gasteiger partial charge on any atom is 0.293 e. The average molecular weight is 288 g/mol. The van der Waals surface area contributed by atoms with Crippen LogP contribution in [0, 0.1) is 11.3 Å². The van der Waals surface area contributed by atoms with E-state index in [0.29, 0.717) is 12.4 Å². The minimum Gasteiger partial charge on any atom is -0.462 e. The van der Waals surface area contributed by atoms with Crippen LogP contribution in [0.15, 0.2) is 24.3 Å². The average Bonchev–Trinajstić information content (AvgIpc) is 2.47. The van der Waals surface area contributed by atoms with Crippen LogP contribution < -0.4 is 5.32 Å². The Bertz CT molecular complexity index is 480. The van der Waals surface area contributed by atoms with Crippen molar-refractivity contribution in [3.8, 4) is 6.07 Å². The number of nitrogens with zero attached hydrogens (tertiary/aromatic N) is 1.